The Labute approximate surface area is 179 Å². The van der Waals surface area contributed by atoms with Crippen LogP contribution in [0.3, 0.4) is 0 Å². The maximum atomic E-state index is 12.7. The van der Waals surface area contributed by atoms with E-state index in [0.29, 0.717) is 58.1 Å². The van der Waals surface area contributed by atoms with E-state index in [-0.39, 0.29) is 23.5 Å². The molecule has 0 bridgehead atoms. The third-order valence-corrected chi connectivity index (χ3v) is 6.44. The number of fused-ring (bicyclic) bond motifs is 1. The first-order chi connectivity index (χ1) is 15.0. The molecule has 0 saturated carbocycles. The second kappa shape index (κ2) is 8.04. The SMILES string of the molecule is Cc1ncoc1C(=O)N1CCC2(C1)Cn1nnc(CNC(=O)C3CCOCC3)c1CO2. The molecule has 2 fully saturated rings. The molecule has 166 valence electrons. The molecule has 1 atom stereocenters. The van der Waals surface area contributed by atoms with Crippen molar-refractivity contribution in [3.8, 4) is 0 Å². The summed E-state index contributed by atoms with van der Waals surface area (Å²) >= 11 is 0. The lowest BCUT2D eigenvalue weighted by molar-refractivity contribution is -0.128. The van der Waals surface area contributed by atoms with Crippen molar-refractivity contribution < 1.29 is 23.5 Å². The highest BCUT2D eigenvalue weighted by Crippen LogP contribution is 2.33. The number of aryl methyl sites for hydroxylation is 1. The number of carbonyl (C=O) groups is 2. The molecule has 31 heavy (non-hydrogen) atoms. The summed E-state index contributed by atoms with van der Waals surface area (Å²) in [6, 6.07) is 0. The van der Waals surface area contributed by atoms with Crippen LogP contribution in [0, 0.1) is 12.8 Å². The maximum Gasteiger partial charge on any atom is 0.291 e. The number of amides is 2. The standard InChI is InChI=1S/C20H26N6O5/c1-13-17(30-12-22-13)19(28)25-5-4-20(10-25)11-26-16(9-31-20)15(23-24-26)8-21-18(27)14-2-6-29-7-3-14/h12,14H,2-11H2,1H3,(H,21,27). The molecular weight excluding hydrogens is 404 g/mol. The molecule has 1 N–H and O–H groups in total. The Kier molecular flexibility index (Phi) is 5.22. The van der Waals surface area contributed by atoms with Gasteiger partial charge in [-0.2, -0.15) is 0 Å². The first-order valence-corrected chi connectivity index (χ1v) is 10.6. The van der Waals surface area contributed by atoms with Crippen LogP contribution in [0.1, 0.15) is 46.9 Å². The Bertz CT molecular complexity index is 981. The summed E-state index contributed by atoms with van der Waals surface area (Å²) in [7, 11) is 0. The van der Waals surface area contributed by atoms with Crippen molar-refractivity contribution >= 4 is 11.8 Å². The lowest BCUT2D eigenvalue weighted by Crippen LogP contribution is -2.45. The molecule has 3 aliphatic rings. The highest BCUT2D eigenvalue weighted by molar-refractivity contribution is 5.92. The van der Waals surface area contributed by atoms with Crippen molar-refractivity contribution in [3.05, 3.63) is 29.2 Å². The van der Waals surface area contributed by atoms with Crippen LogP contribution in [0.25, 0.3) is 0 Å². The van der Waals surface area contributed by atoms with E-state index in [1.54, 1.807) is 11.8 Å². The minimum absolute atomic E-state index is 0.00493. The van der Waals surface area contributed by atoms with Crippen LogP contribution >= 0.6 is 0 Å². The van der Waals surface area contributed by atoms with Crippen LogP contribution in [-0.2, 0) is 34.0 Å². The van der Waals surface area contributed by atoms with E-state index in [9.17, 15) is 9.59 Å². The number of hydrogen-bond acceptors (Lipinski definition) is 8. The van der Waals surface area contributed by atoms with Crippen molar-refractivity contribution in [1.82, 2.24) is 30.2 Å². The van der Waals surface area contributed by atoms with E-state index in [1.165, 1.54) is 6.39 Å². The average Bonchev–Trinajstić information content (AvgIpc) is 3.51. The highest BCUT2D eigenvalue weighted by atomic mass is 16.5. The Morgan fingerprint density at radius 2 is 2.13 bits per heavy atom. The Morgan fingerprint density at radius 3 is 2.90 bits per heavy atom. The summed E-state index contributed by atoms with van der Waals surface area (Å²) in [4.78, 5) is 30.9. The molecule has 1 spiro atoms. The van der Waals surface area contributed by atoms with Gasteiger partial charge in [0.2, 0.25) is 11.7 Å². The minimum atomic E-state index is -0.493. The normalized spacial score (nSPS) is 23.8. The molecule has 5 heterocycles. The minimum Gasteiger partial charge on any atom is -0.438 e. The molecule has 1 unspecified atom stereocenters. The molecule has 0 aromatic carbocycles. The molecular formula is C20H26N6O5. The second-order valence-corrected chi connectivity index (χ2v) is 8.46. The van der Waals surface area contributed by atoms with Crippen molar-refractivity contribution in [3.63, 3.8) is 0 Å². The van der Waals surface area contributed by atoms with Crippen molar-refractivity contribution in [1.29, 1.82) is 0 Å². The number of aromatic nitrogens is 4. The molecule has 0 aliphatic carbocycles. The van der Waals surface area contributed by atoms with E-state index in [4.69, 9.17) is 13.9 Å². The lowest BCUT2D eigenvalue weighted by atomic mass is 9.99. The third-order valence-electron chi connectivity index (χ3n) is 6.44. The van der Waals surface area contributed by atoms with Crippen molar-refractivity contribution in [2.45, 2.75) is 51.5 Å². The van der Waals surface area contributed by atoms with Gasteiger partial charge in [0.25, 0.3) is 5.91 Å². The van der Waals surface area contributed by atoms with Gasteiger partial charge in [-0.25, -0.2) is 9.67 Å². The van der Waals surface area contributed by atoms with Gasteiger partial charge in [-0.05, 0) is 26.2 Å². The van der Waals surface area contributed by atoms with Gasteiger partial charge in [-0.3, -0.25) is 9.59 Å². The van der Waals surface area contributed by atoms with Gasteiger partial charge in [0.1, 0.15) is 11.3 Å². The quantitative estimate of drug-likeness (QED) is 0.741. The predicted molar refractivity (Wildman–Crippen MR) is 105 cm³/mol. The fraction of sp³-hybridized carbons (Fsp3) is 0.650. The summed E-state index contributed by atoms with van der Waals surface area (Å²) in [5, 5.41) is 11.5. The number of likely N-dealkylation sites (tertiary alicyclic amines) is 1. The van der Waals surface area contributed by atoms with E-state index >= 15 is 0 Å². The largest absolute Gasteiger partial charge is 0.438 e. The number of ether oxygens (including phenoxy) is 2. The van der Waals surface area contributed by atoms with Crippen molar-refractivity contribution in [2.24, 2.45) is 5.92 Å². The molecule has 3 aliphatic heterocycles. The predicted octanol–water partition coefficient (Wildman–Crippen LogP) is 0.432. The van der Waals surface area contributed by atoms with Crippen LogP contribution in [0.2, 0.25) is 0 Å². The fourth-order valence-corrected chi connectivity index (χ4v) is 4.52. The summed E-state index contributed by atoms with van der Waals surface area (Å²) in [5.41, 5.74) is 1.68. The number of rotatable bonds is 4. The van der Waals surface area contributed by atoms with Crippen LogP contribution in [0.5, 0.6) is 0 Å². The van der Waals surface area contributed by atoms with Gasteiger partial charge in [0.15, 0.2) is 6.39 Å². The smallest absolute Gasteiger partial charge is 0.291 e. The molecule has 2 amide bonds. The lowest BCUT2D eigenvalue weighted by Gasteiger charge is -2.33. The van der Waals surface area contributed by atoms with Gasteiger partial charge in [0.05, 0.1) is 37.6 Å². The van der Waals surface area contributed by atoms with E-state index < -0.39 is 5.60 Å². The summed E-state index contributed by atoms with van der Waals surface area (Å²) in [6.07, 6.45) is 3.50. The number of nitrogens with zero attached hydrogens (tertiary/aromatic N) is 5. The number of hydrogen-bond donors (Lipinski definition) is 1. The van der Waals surface area contributed by atoms with Crippen molar-refractivity contribution in [2.75, 3.05) is 26.3 Å². The van der Waals surface area contributed by atoms with Crippen LogP contribution in [0.4, 0.5) is 0 Å². The topological polar surface area (TPSA) is 125 Å². The molecule has 2 aromatic heterocycles. The molecule has 11 heteroatoms. The van der Waals surface area contributed by atoms with Crippen LogP contribution < -0.4 is 5.32 Å². The summed E-state index contributed by atoms with van der Waals surface area (Å²) < 4.78 is 18.6. The molecule has 0 radical (unpaired) electrons. The number of carbonyl (C=O) groups excluding carboxylic acids is 2. The summed E-state index contributed by atoms with van der Waals surface area (Å²) in [6.45, 7) is 5.25. The first kappa shape index (κ1) is 20.1. The Balaban J connectivity index is 1.21. The van der Waals surface area contributed by atoms with E-state index in [2.05, 4.69) is 20.6 Å². The monoisotopic (exact) mass is 430 g/mol. The summed E-state index contributed by atoms with van der Waals surface area (Å²) in [5.74, 6) is 0.133. The average molecular weight is 430 g/mol. The zero-order valence-corrected chi connectivity index (χ0v) is 17.5. The maximum absolute atomic E-state index is 12.7. The molecule has 2 saturated heterocycles. The highest BCUT2D eigenvalue weighted by Gasteiger charge is 2.45. The van der Waals surface area contributed by atoms with Crippen LogP contribution in [0.15, 0.2) is 10.8 Å². The number of oxazole rings is 1. The van der Waals surface area contributed by atoms with Gasteiger partial charge in [-0.1, -0.05) is 5.21 Å². The van der Waals surface area contributed by atoms with Crippen LogP contribution in [-0.4, -0.2) is 68.6 Å². The zero-order chi connectivity index (χ0) is 21.4. The molecule has 11 nitrogen and oxygen atoms in total. The van der Waals surface area contributed by atoms with Gasteiger partial charge < -0.3 is 24.1 Å². The molecule has 5 rings (SSSR count). The fourth-order valence-electron chi connectivity index (χ4n) is 4.52. The zero-order valence-electron chi connectivity index (χ0n) is 17.5. The van der Waals surface area contributed by atoms with Gasteiger partial charge in [-0.15, -0.1) is 5.10 Å². The third kappa shape index (κ3) is 3.83. The van der Waals surface area contributed by atoms with Gasteiger partial charge >= 0.3 is 0 Å². The second-order valence-electron chi connectivity index (χ2n) is 8.46. The van der Waals surface area contributed by atoms with E-state index in [0.717, 1.165) is 24.2 Å². The first-order valence-electron chi connectivity index (χ1n) is 10.6. The molecule has 2 aromatic rings. The Morgan fingerprint density at radius 1 is 1.29 bits per heavy atom. The number of nitrogens with one attached hydrogen (secondary N) is 1. The Hall–Kier alpha value is -2.79. The van der Waals surface area contributed by atoms with Gasteiger partial charge in [0, 0.05) is 25.7 Å². The van der Waals surface area contributed by atoms with E-state index in [1.807, 2.05) is 4.68 Å².